The van der Waals surface area contributed by atoms with Crippen LogP contribution in [0.4, 0.5) is 11.4 Å². The van der Waals surface area contributed by atoms with E-state index < -0.39 is 0 Å². The highest BCUT2D eigenvalue weighted by molar-refractivity contribution is 5.98. The van der Waals surface area contributed by atoms with Gasteiger partial charge in [-0.2, -0.15) is 0 Å². The van der Waals surface area contributed by atoms with Crippen LogP contribution in [0.3, 0.4) is 0 Å². The maximum Gasteiger partial charge on any atom is 0.230 e. The predicted molar refractivity (Wildman–Crippen MR) is 78.0 cm³/mol. The van der Waals surface area contributed by atoms with Crippen LogP contribution in [0.25, 0.3) is 0 Å². The summed E-state index contributed by atoms with van der Waals surface area (Å²) < 4.78 is 0. The molecule has 0 spiro atoms. The molecule has 1 amide bonds. The number of fused-ring (bicyclic) bond motifs is 1. The molecule has 0 saturated heterocycles. The molecular formula is C16H22N2O. The molecule has 1 fully saturated rings. The summed E-state index contributed by atoms with van der Waals surface area (Å²) in [5, 5.41) is 0. The lowest BCUT2D eigenvalue weighted by atomic mass is 9.82. The molecule has 1 aromatic carbocycles. The fraction of sp³-hybridized carbons (Fsp3) is 0.562. The van der Waals surface area contributed by atoms with Crippen molar-refractivity contribution in [2.75, 3.05) is 17.2 Å². The minimum absolute atomic E-state index is 0.226. The summed E-state index contributed by atoms with van der Waals surface area (Å²) in [5.41, 5.74) is 9.01. The third-order valence-electron chi connectivity index (χ3n) is 4.69. The molecule has 1 aliphatic carbocycles. The number of carbonyl (C=O) groups excluding carboxylic acids is 1. The van der Waals surface area contributed by atoms with E-state index in [1.165, 1.54) is 12.8 Å². The smallest absolute Gasteiger partial charge is 0.230 e. The summed E-state index contributed by atoms with van der Waals surface area (Å²) in [4.78, 5) is 14.6. The number of benzene rings is 1. The van der Waals surface area contributed by atoms with E-state index in [1.807, 2.05) is 23.1 Å². The first kappa shape index (κ1) is 12.5. The number of nitrogens with zero attached hydrogens (tertiary/aromatic N) is 1. The number of nitrogens with two attached hydrogens (primary N) is 1. The monoisotopic (exact) mass is 258 g/mol. The van der Waals surface area contributed by atoms with Gasteiger partial charge in [0.05, 0.1) is 0 Å². The van der Waals surface area contributed by atoms with Gasteiger partial charge >= 0.3 is 0 Å². The average Bonchev–Trinajstić information content (AvgIpc) is 2.84. The number of rotatable bonds is 1. The molecule has 1 saturated carbocycles. The van der Waals surface area contributed by atoms with Crippen LogP contribution >= 0.6 is 0 Å². The summed E-state index contributed by atoms with van der Waals surface area (Å²) in [5.74, 6) is 1.32. The van der Waals surface area contributed by atoms with Crippen molar-refractivity contribution < 1.29 is 4.79 Å². The second-order valence-electron chi connectivity index (χ2n) is 6.04. The molecule has 0 radical (unpaired) electrons. The van der Waals surface area contributed by atoms with Gasteiger partial charge in [-0.3, -0.25) is 4.79 Å². The first-order chi connectivity index (χ1) is 9.16. The van der Waals surface area contributed by atoms with Crippen LogP contribution < -0.4 is 10.6 Å². The van der Waals surface area contributed by atoms with Gasteiger partial charge in [-0.05, 0) is 50.2 Å². The van der Waals surface area contributed by atoms with Crippen molar-refractivity contribution >= 4 is 17.3 Å². The van der Waals surface area contributed by atoms with Gasteiger partial charge in [0.1, 0.15) is 0 Å². The third kappa shape index (κ3) is 2.22. The lowest BCUT2D eigenvalue weighted by Crippen LogP contribution is -2.36. The Labute approximate surface area is 114 Å². The van der Waals surface area contributed by atoms with Gasteiger partial charge in [0.15, 0.2) is 0 Å². The molecule has 3 nitrogen and oxygen atoms in total. The second-order valence-corrected chi connectivity index (χ2v) is 6.04. The molecule has 0 bridgehead atoms. The van der Waals surface area contributed by atoms with E-state index in [0.717, 1.165) is 48.7 Å². The van der Waals surface area contributed by atoms with Crippen LogP contribution in [-0.4, -0.2) is 12.5 Å². The molecule has 3 heteroatoms. The number of hydrogen-bond acceptors (Lipinski definition) is 2. The minimum Gasteiger partial charge on any atom is -0.398 e. The second kappa shape index (κ2) is 4.87. The molecule has 1 heterocycles. The topological polar surface area (TPSA) is 46.3 Å². The summed E-state index contributed by atoms with van der Waals surface area (Å²) >= 11 is 0. The highest BCUT2D eigenvalue weighted by Gasteiger charge is 2.32. The maximum absolute atomic E-state index is 12.7. The van der Waals surface area contributed by atoms with Gasteiger partial charge in [0, 0.05) is 29.4 Å². The van der Waals surface area contributed by atoms with E-state index in [1.54, 1.807) is 0 Å². The van der Waals surface area contributed by atoms with Crippen molar-refractivity contribution in [3.05, 3.63) is 23.8 Å². The van der Waals surface area contributed by atoms with Crippen LogP contribution in [-0.2, 0) is 11.2 Å². The molecule has 2 N–H and O–H groups in total. The molecule has 1 aromatic rings. The first-order valence-electron chi connectivity index (χ1n) is 7.35. The average molecular weight is 258 g/mol. The number of hydrogen-bond donors (Lipinski definition) is 1. The van der Waals surface area contributed by atoms with Crippen molar-refractivity contribution in [2.24, 2.45) is 11.8 Å². The Balaban J connectivity index is 1.78. The molecular weight excluding hydrogens is 236 g/mol. The zero-order valence-electron chi connectivity index (χ0n) is 11.6. The van der Waals surface area contributed by atoms with Crippen molar-refractivity contribution in [3.63, 3.8) is 0 Å². The highest BCUT2D eigenvalue weighted by Crippen LogP contribution is 2.36. The molecule has 102 valence electrons. The Kier molecular flexibility index (Phi) is 3.21. The van der Waals surface area contributed by atoms with Crippen molar-refractivity contribution in [3.8, 4) is 0 Å². The van der Waals surface area contributed by atoms with Crippen LogP contribution in [0.15, 0.2) is 18.2 Å². The Morgan fingerprint density at radius 2 is 2.00 bits per heavy atom. The Hall–Kier alpha value is -1.51. The van der Waals surface area contributed by atoms with Gasteiger partial charge in [-0.25, -0.2) is 0 Å². The minimum atomic E-state index is 0.226. The van der Waals surface area contributed by atoms with Crippen LogP contribution in [0.5, 0.6) is 0 Å². The Morgan fingerprint density at radius 1 is 1.26 bits per heavy atom. The van der Waals surface area contributed by atoms with Crippen LogP contribution in [0.2, 0.25) is 0 Å². The van der Waals surface area contributed by atoms with Crippen LogP contribution in [0.1, 0.15) is 38.2 Å². The highest BCUT2D eigenvalue weighted by atomic mass is 16.2. The molecule has 0 unspecified atom stereocenters. The van der Waals surface area contributed by atoms with E-state index >= 15 is 0 Å². The summed E-state index contributed by atoms with van der Waals surface area (Å²) in [6.07, 6.45) is 5.38. The molecule has 0 aromatic heterocycles. The normalized spacial score (nSPS) is 26.3. The van der Waals surface area contributed by atoms with Crippen molar-refractivity contribution in [2.45, 2.75) is 39.0 Å². The SMILES string of the molecule is CC1CCC(C(=O)N2CCc3c(N)cccc32)CC1. The summed E-state index contributed by atoms with van der Waals surface area (Å²) in [6.45, 7) is 3.08. The lowest BCUT2D eigenvalue weighted by Gasteiger charge is -2.29. The van der Waals surface area contributed by atoms with Gasteiger partial charge in [0.2, 0.25) is 5.91 Å². The summed E-state index contributed by atoms with van der Waals surface area (Å²) in [7, 11) is 0. The fourth-order valence-electron chi connectivity index (χ4n) is 3.42. The molecule has 0 atom stereocenters. The molecule has 19 heavy (non-hydrogen) atoms. The van der Waals surface area contributed by atoms with Crippen molar-refractivity contribution in [1.29, 1.82) is 0 Å². The first-order valence-corrected chi connectivity index (χ1v) is 7.35. The van der Waals surface area contributed by atoms with E-state index in [4.69, 9.17) is 5.73 Å². The van der Waals surface area contributed by atoms with E-state index in [-0.39, 0.29) is 5.92 Å². The zero-order valence-corrected chi connectivity index (χ0v) is 11.6. The number of nitrogen functional groups attached to an aromatic ring is 1. The molecule has 2 aliphatic rings. The van der Waals surface area contributed by atoms with E-state index in [2.05, 4.69) is 6.92 Å². The molecule has 1 aliphatic heterocycles. The molecule has 3 rings (SSSR count). The maximum atomic E-state index is 12.7. The third-order valence-corrected chi connectivity index (χ3v) is 4.69. The zero-order chi connectivity index (χ0) is 13.4. The number of carbonyl (C=O) groups is 1. The standard InChI is InChI=1S/C16H22N2O/c1-11-5-7-12(8-6-11)16(19)18-10-9-13-14(17)3-2-4-15(13)18/h2-4,11-12H,5-10,17H2,1H3. The van der Waals surface area contributed by atoms with Gasteiger partial charge in [0.25, 0.3) is 0 Å². The fourth-order valence-corrected chi connectivity index (χ4v) is 3.42. The van der Waals surface area contributed by atoms with Gasteiger partial charge in [-0.1, -0.05) is 13.0 Å². The van der Waals surface area contributed by atoms with Gasteiger partial charge in [-0.15, -0.1) is 0 Å². The largest absolute Gasteiger partial charge is 0.398 e. The van der Waals surface area contributed by atoms with Crippen molar-refractivity contribution in [1.82, 2.24) is 0 Å². The number of amides is 1. The number of anilines is 2. The Morgan fingerprint density at radius 3 is 2.74 bits per heavy atom. The van der Waals surface area contributed by atoms with E-state index in [0.29, 0.717) is 5.91 Å². The predicted octanol–water partition coefficient (Wildman–Crippen LogP) is 2.98. The quantitative estimate of drug-likeness (QED) is 0.787. The van der Waals surface area contributed by atoms with Crippen LogP contribution in [0, 0.1) is 11.8 Å². The summed E-state index contributed by atoms with van der Waals surface area (Å²) in [6, 6.07) is 5.90. The van der Waals surface area contributed by atoms with Gasteiger partial charge < -0.3 is 10.6 Å². The lowest BCUT2D eigenvalue weighted by molar-refractivity contribution is -0.123. The Bertz CT molecular complexity index is 490. The van der Waals surface area contributed by atoms with E-state index in [9.17, 15) is 4.79 Å².